The molecule has 0 aliphatic heterocycles. The fraction of sp³-hybridized carbons (Fsp3) is 0.130. The molecular weight excluding hydrogens is 368 g/mol. The standard InChI is InChI=1S/C23H20N2O2S/c1-2-12-25(16-19-10-8-18(15-24)9-11-19)23(26)20-5-3-6-21(14-20)27-17-22-7-4-13-28-22/h2-11,13-14H,1,12,16-17H2. The van der Waals surface area contributed by atoms with Crippen LogP contribution < -0.4 is 4.74 Å². The van der Waals surface area contributed by atoms with Crippen LogP contribution in [-0.4, -0.2) is 17.4 Å². The molecule has 0 aliphatic carbocycles. The van der Waals surface area contributed by atoms with Gasteiger partial charge in [-0.3, -0.25) is 4.79 Å². The number of carbonyl (C=O) groups is 1. The molecule has 1 amide bonds. The summed E-state index contributed by atoms with van der Waals surface area (Å²) in [5, 5.41) is 10.9. The summed E-state index contributed by atoms with van der Waals surface area (Å²) >= 11 is 1.64. The van der Waals surface area contributed by atoms with Crippen LogP contribution >= 0.6 is 11.3 Å². The Kier molecular flexibility index (Phi) is 6.61. The molecule has 2 aromatic carbocycles. The van der Waals surface area contributed by atoms with Gasteiger partial charge in [0.25, 0.3) is 5.91 Å². The van der Waals surface area contributed by atoms with Crippen LogP contribution in [0.4, 0.5) is 0 Å². The zero-order valence-electron chi connectivity index (χ0n) is 15.4. The SMILES string of the molecule is C=CCN(Cc1ccc(C#N)cc1)C(=O)c1cccc(OCc2cccs2)c1. The minimum atomic E-state index is -0.0918. The second kappa shape index (κ2) is 9.54. The number of ether oxygens (including phenoxy) is 1. The lowest BCUT2D eigenvalue weighted by molar-refractivity contribution is 0.0762. The lowest BCUT2D eigenvalue weighted by Gasteiger charge is -2.21. The summed E-state index contributed by atoms with van der Waals surface area (Å²) < 4.78 is 5.81. The highest BCUT2D eigenvalue weighted by molar-refractivity contribution is 7.09. The van der Waals surface area contributed by atoms with E-state index in [0.29, 0.717) is 36.6 Å². The number of amides is 1. The van der Waals surface area contributed by atoms with E-state index in [0.717, 1.165) is 10.4 Å². The second-order valence-electron chi connectivity index (χ2n) is 6.18. The van der Waals surface area contributed by atoms with E-state index in [-0.39, 0.29) is 5.91 Å². The van der Waals surface area contributed by atoms with Gasteiger partial charge in [-0.2, -0.15) is 5.26 Å². The Labute approximate surface area is 168 Å². The predicted octanol–water partition coefficient (Wildman–Crippen LogP) is 5.03. The maximum absolute atomic E-state index is 13.0. The minimum absolute atomic E-state index is 0.0918. The lowest BCUT2D eigenvalue weighted by Crippen LogP contribution is -2.30. The van der Waals surface area contributed by atoms with Crippen molar-refractivity contribution in [1.82, 2.24) is 4.90 Å². The summed E-state index contributed by atoms with van der Waals surface area (Å²) in [5.41, 5.74) is 2.12. The van der Waals surface area contributed by atoms with E-state index in [1.807, 2.05) is 41.8 Å². The van der Waals surface area contributed by atoms with Crippen LogP contribution in [0.25, 0.3) is 0 Å². The summed E-state index contributed by atoms with van der Waals surface area (Å²) in [6.45, 7) is 5.11. The van der Waals surface area contributed by atoms with E-state index < -0.39 is 0 Å². The number of thiophene rings is 1. The summed E-state index contributed by atoms with van der Waals surface area (Å²) in [6, 6.07) is 20.6. The summed E-state index contributed by atoms with van der Waals surface area (Å²) in [4.78, 5) is 15.9. The van der Waals surface area contributed by atoms with E-state index in [4.69, 9.17) is 10.00 Å². The van der Waals surface area contributed by atoms with E-state index in [2.05, 4.69) is 12.6 Å². The quantitative estimate of drug-likeness (QED) is 0.509. The fourth-order valence-electron chi connectivity index (χ4n) is 2.73. The molecule has 3 aromatic rings. The van der Waals surface area contributed by atoms with Crippen molar-refractivity contribution in [2.75, 3.05) is 6.54 Å². The first-order valence-corrected chi connectivity index (χ1v) is 9.72. The number of rotatable bonds is 8. The van der Waals surface area contributed by atoms with Gasteiger partial charge in [-0.1, -0.05) is 30.3 Å². The molecule has 5 heteroatoms. The van der Waals surface area contributed by atoms with Crippen LogP contribution in [0.5, 0.6) is 5.75 Å². The molecule has 0 unspecified atom stereocenters. The molecule has 0 fully saturated rings. The van der Waals surface area contributed by atoms with E-state index in [1.54, 1.807) is 46.6 Å². The molecule has 0 atom stereocenters. The van der Waals surface area contributed by atoms with Crippen LogP contribution in [0.3, 0.4) is 0 Å². The first kappa shape index (κ1) is 19.4. The molecule has 0 radical (unpaired) electrons. The van der Waals surface area contributed by atoms with Gasteiger partial charge in [0.2, 0.25) is 0 Å². The molecule has 0 spiro atoms. The Hall–Kier alpha value is -3.36. The number of nitriles is 1. The number of hydrogen-bond donors (Lipinski definition) is 0. The number of hydrogen-bond acceptors (Lipinski definition) is 4. The first-order valence-electron chi connectivity index (χ1n) is 8.84. The van der Waals surface area contributed by atoms with E-state index in [9.17, 15) is 4.79 Å². The maximum Gasteiger partial charge on any atom is 0.254 e. The molecule has 1 aromatic heterocycles. The number of carbonyl (C=O) groups excluding carboxylic acids is 1. The van der Waals surface area contributed by atoms with Crippen LogP contribution in [0.15, 0.2) is 78.7 Å². The molecule has 28 heavy (non-hydrogen) atoms. The van der Waals surface area contributed by atoms with Crippen molar-refractivity contribution in [2.45, 2.75) is 13.2 Å². The Bertz CT molecular complexity index is 973. The van der Waals surface area contributed by atoms with Crippen molar-refractivity contribution in [3.8, 4) is 11.8 Å². The van der Waals surface area contributed by atoms with Crippen molar-refractivity contribution in [3.05, 3.63) is 100 Å². The van der Waals surface area contributed by atoms with Gasteiger partial charge in [0.15, 0.2) is 0 Å². The third kappa shape index (κ3) is 5.09. The monoisotopic (exact) mass is 388 g/mol. The van der Waals surface area contributed by atoms with Crippen molar-refractivity contribution in [3.63, 3.8) is 0 Å². The van der Waals surface area contributed by atoms with E-state index >= 15 is 0 Å². The molecule has 140 valence electrons. The fourth-order valence-corrected chi connectivity index (χ4v) is 3.35. The van der Waals surface area contributed by atoms with Crippen LogP contribution in [0, 0.1) is 11.3 Å². The topological polar surface area (TPSA) is 53.3 Å². The van der Waals surface area contributed by atoms with Gasteiger partial charge < -0.3 is 9.64 Å². The molecule has 1 heterocycles. The van der Waals surface area contributed by atoms with Crippen LogP contribution in [-0.2, 0) is 13.2 Å². The lowest BCUT2D eigenvalue weighted by atomic mass is 10.1. The highest BCUT2D eigenvalue weighted by Gasteiger charge is 2.16. The zero-order valence-corrected chi connectivity index (χ0v) is 16.2. The van der Waals surface area contributed by atoms with Gasteiger partial charge in [-0.25, -0.2) is 0 Å². The van der Waals surface area contributed by atoms with E-state index in [1.165, 1.54) is 0 Å². The van der Waals surface area contributed by atoms with Gasteiger partial charge in [-0.05, 0) is 47.3 Å². The van der Waals surface area contributed by atoms with Gasteiger partial charge in [0.1, 0.15) is 12.4 Å². The Morgan fingerprint density at radius 1 is 1.18 bits per heavy atom. The van der Waals surface area contributed by atoms with Gasteiger partial charge in [0, 0.05) is 23.5 Å². The van der Waals surface area contributed by atoms with Crippen molar-refractivity contribution < 1.29 is 9.53 Å². The predicted molar refractivity (Wildman–Crippen MR) is 111 cm³/mol. The second-order valence-corrected chi connectivity index (χ2v) is 7.21. The average molecular weight is 388 g/mol. The van der Waals surface area contributed by atoms with Crippen molar-refractivity contribution in [2.24, 2.45) is 0 Å². The van der Waals surface area contributed by atoms with Crippen molar-refractivity contribution in [1.29, 1.82) is 5.26 Å². The Morgan fingerprint density at radius 2 is 2.00 bits per heavy atom. The largest absolute Gasteiger partial charge is 0.488 e. The van der Waals surface area contributed by atoms with Gasteiger partial charge in [0.05, 0.1) is 11.6 Å². The molecule has 0 saturated carbocycles. The Morgan fingerprint density at radius 3 is 2.68 bits per heavy atom. The van der Waals surface area contributed by atoms with Crippen molar-refractivity contribution >= 4 is 17.2 Å². The summed E-state index contributed by atoms with van der Waals surface area (Å²) in [5.74, 6) is 0.571. The first-order chi connectivity index (χ1) is 13.7. The Balaban J connectivity index is 1.72. The van der Waals surface area contributed by atoms with Gasteiger partial charge >= 0.3 is 0 Å². The normalized spacial score (nSPS) is 10.1. The molecule has 0 N–H and O–H groups in total. The van der Waals surface area contributed by atoms with Gasteiger partial charge in [-0.15, -0.1) is 17.9 Å². The van der Waals surface area contributed by atoms with Crippen LogP contribution in [0.1, 0.15) is 26.4 Å². The highest BCUT2D eigenvalue weighted by atomic mass is 32.1. The van der Waals surface area contributed by atoms with Crippen LogP contribution in [0.2, 0.25) is 0 Å². The molecule has 0 aliphatic rings. The summed E-state index contributed by atoms with van der Waals surface area (Å²) in [7, 11) is 0. The highest BCUT2D eigenvalue weighted by Crippen LogP contribution is 2.19. The smallest absolute Gasteiger partial charge is 0.254 e. The zero-order chi connectivity index (χ0) is 19.8. The molecule has 4 nitrogen and oxygen atoms in total. The summed E-state index contributed by atoms with van der Waals surface area (Å²) in [6.07, 6.45) is 1.71. The molecule has 3 rings (SSSR count). The number of nitrogens with zero attached hydrogens (tertiary/aromatic N) is 2. The molecule has 0 saturated heterocycles. The third-order valence-corrected chi connectivity index (χ3v) is 4.99. The third-order valence-electron chi connectivity index (χ3n) is 4.14. The maximum atomic E-state index is 13.0. The average Bonchev–Trinajstić information content (AvgIpc) is 3.26. The minimum Gasteiger partial charge on any atom is -0.488 e. The number of benzene rings is 2. The molecular formula is C23H20N2O2S. The molecule has 0 bridgehead atoms.